The largest absolute Gasteiger partial charge is 0.361 e. The summed E-state index contributed by atoms with van der Waals surface area (Å²) in [5.41, 5.74) is 11.6. The van der Waals surface area contributed by atoms with Crippen LogP contribution in [0.5, 0.6) is 0 Å². The van der Waals surface area contributed by atoms with Crippen molar-refractivity contribution in [3.8, 4) is 0 Å². The van der Waals surface area contributed by atoms with Crippen LogP contribution in [-0.2, 0) is 27.2 Å². The van der Waals surface area contributed by atoms with Gasteiger partial charge in [-0.2, -0.15) is 0 Å². The van der Waals surface area contributed by atoms with Crippen LogP contribution in [0.15, 0.2) is 84.6 Å². The number of ketones is 1. The number of H-pyrrole nitrogens is 1. The molecule has 0 radical (unpaired) electrons. The molecule has 1 unspecified atom stereocenters. The first-order chi connectivity index (χ1) is 20.5. The fraction of sp³-hybridized carbons (Fsp3) is 0.400. The van der Waals surface area contributed by atoms with Crippen molar-refractivity contribution >= 4 is 28.5 Å². The number of allylic oxidation sites excluding steroid dienone is 1. The normalized spacial score (nSPS) is 18.3. The highest BCUT2D eigenvalue weighted by atomic mass is 16.2. The van der Waals surface area contributed by atoms with Crippen LogP contribution in [0.4, 0.5) is 0 Å². The predicted octanol–water partition coefficient (Wildman–Crippen LogP) is 4.77. The summed E-state index contributed by atoms with van der Waals surface area (Å²) < 4.78 is 0. The van der Waals surface area contributed by atoms with Crippen molar-refractivity contribution < 1.29 is 14.4 Å². The lowest BCUT2D eigenvalue weighted by Gasteiger charge is -2.32. The predicted molar refractivity (Wildman–Crippen MR) is 172 cm³/mol. The summed E-state index contributed by atoms with van der Waals surface area (Å²) in [5.74, 6) is -0.502. The summed E-state index contributed by atoms with van der Waals surface area (Å²) in [6, 6.07) is 17.2. The molecule has 8 heteroatoms. The highest BCUT2D eigenvalue weighted by molar-refractivity contribution is 6.03. The minimum Gasteiger partial charge on any atom is -0.361 e. The van der Waals surface area contributed by atoms with E-state index < -0.39 is 17.0 Å². The fourth-order valence-corrected chi connectivity index (χ4v) is 5.76. The molecule has 5 N–H and O–H groups in total. The third kappa shape index (κ3) is 8.75. The van der Waals surface area contributed by atoms with E-state index in [4.69, 9.17) is 5.73 Å². The number of nitrogens with zero attached hydrogens (tertiary/aromatic N) is 1. The average Bonchev–Trinajstić information content (AvgIpc) is 3.23. The zero-order chi connectivity index (χ0) is 31.0. The van der Waals surface area contributed by atoms with E-state index in [0.29, 0.717) is 50.5 Å². The number of rotatable bonds is 12. The lowest BCUT2D eigenvalue weighted by molar-refractivity contribution is -0.135. The molecule has 43 heavy (non-hydrogen) atoms. The van der Waals surface area contributed by atoms with E-state index >= 15 is 0 Å². The number of hydrogen-bond acceptors (Lipinski definition) is 5. The van der Waals surface area contributed by atoms with E-state index in [9.17, 15) is 14.4 Å². The number of nitrogens with one attached hydrogen (secondary N) is 3. The van der Waals surface area contributed by atoms with E-state index in [-0.39, 0.29) is 17.6 Å². The van der Waals surface area contributed by atoms with Crippen LogP contribution >= 0.6 is 0 Å². The van der Waals surface area contributed by atoms with Crippen molar-refractivity contribution in [2.24, 2.45) is 11.1 Å². The lowest BCUT2D eigenvalue weighted by atomic mass is 9.75. The van der Waals surface area contributed by atoms with Gasteiger partial charge in [-0.25, -0.2) is 5.01 Å². The Labute approximate surface area is 254 Å². The number of nitrogens with two attached hydrogens (primary N) is 1. The summed E-state index contributed by atoms with van der Waals surface area (Å²) >= 11 is 0. The molecule has 0 aliphatic heterocycles. The molecule has 0 saturated heterocycles. The molecule has 2 amide bonds. The monoisotopic (exact) mass is 583 g/mol. The first kappa shape index (κ1) is 31.9. The van der Waals surface area contributed by atoms with Gasteiger partial charge in [-0.05, 0) is 81.2 Å². The molecular formula is C35H45N5O3. The molecule has 1 aliphatic carbocycles. The number of para-hydroxylation sites is 1. The van der Waals surface area contributed by atoms with Gasteiger partial charge in [0.05, 0.1) is 11.5 Å². The molecule has 0 spiro atoms. The van der Waals surface area contributed by atoms with E-state index in [1.165, 1.54) is 6.08 Å². The van der Waals surface area contributed by atoms with Gasteiger partial charge in [0, 0.05) is 43.2 Å². The van der Waals surface area contributed by atoms with Gasteiger partial charge in [0.1, 0.15) is 0 Å². The molecule has 4 rings (SSSR count). The minimum atomic E-state index is -0.759. The van der Waals surface area contributed by atoms with Crippen LogP contribution in [0.2, 0.25) is 0 Å². The molecule has 1 aliphatic rings. The van der Waals surface area contributed by atoms with Crippen LogP contribution in [0.3, 0.4) is 0 Å². The Morgan fingerprint density at radius 3 is 2.53 bits per heavy atom. The number of carbonyl (C=O) groups is 3. The van der Waals surface area contributed by atoms with Crippen LogP contribution in [0.25, 0.3) is 10.9 Å². The summed E-state index contributed by atoms with van der Waals surface area (Å²) in [5, 5.41) is 5.67. The first-order valence-corrected chi connectivity index (χ1v) is 15.0. The lowest BCUT2D eigenvalue weighted by Crippen LogP contribution is -2.47. The van der Waals surface area contributed by atoms with Gasteiger partial charge < -0.3 is 16.0 Å². The average molecular weight is 584 g/mol. The van der Waals surface area contributed by atoms with Crippen LogP contribution in [-0.4, -0.2) is 53.3 Å². The Hall–Kier alpha value is -4.01. The highest BCUT2D eigenvalue weighted by Gasteiger charge is 2.40. The number of Topliss-reactive ketones (excluding diaryl/α,β-unsaturated/α-hetero) is 1. The second kappa shape index (κ2) is 14.0. The number of benzene rings is 2. The molecule has 0 saturated carbocycles. The molecule has 1 aromatic heterocycles. The molecular weight excluding hydrogens is 538 g/mol. The van der Waals surface area contributed by atoms with Gasteiger partial charge in [-0.1, -0.05) is 60.7 Å². The molecule has 3 aromatic rings. The maximum atomic E-state index is 14.2. The Bertz CT molecular complexity index is 1480. The third-order valence-corrected chi connectivity index (χ3v) is 7.99. The Morgan fingerprint density at radius 2 is 1.81 bits per heavy atom. The van der Waals surface area contributed by atoms with Crippen LogP contribution in [0, 0.1) is 5.41 Å². The standard InChI is InChI=1S/C35H45N5O3/c1-34(2,36)19-11-17-31(41)38-30(22-27-24-37-29-16-9-8-15-28(27)29)32(42)26-14-10-20-35(21-18-26,33(43)39-40(3)4)23-25-12-6-5-7-13-25/h5-9,11-13,15-18,24,30,37H,10,14,19-23,36H2,1-4H3,(H,38,41)(H,39,43)/b17-11+/t30?,35-/m0/s1. The van der Waals surface area contributed by atoms with Crippen molar-refractivity contribution in [2.45, 2.75) is 70.4 Å². The van der Waals surface area contributed by atoms with Gasteiger partial charge in [0.15, 0.2) is 5.78 Å². The van der Waals surface area contributed by atoms with E-state index in [1.54, 1.807) is 25.2 Å². The SMILES string of the molecule is CN(C)NC(=O)[C@]1(Cc2ccccc2)CC=C(C(=O)C(Cc2c[nH]c3ccccc23)NC(=O)/C=C/CC(C)(C)N)CCC1. The first-order valence-electron chi connectivity index (χ1n) is 15.0. The fourth-order valence-electron chi connectivity index (χ4n) is 5.76. The molecule has 0 bridgehead atoms. The van der Waals surface area contributed by atoms with Gasteiger partial charge in [0.2, 0.25) is 11.8 Å². The van der Waals surface area contributed by atoms with E-state index in [1.807, 2.05) is 80.7 Å². The summed E-state index contributed by atoms with van der Waals surface area (Å²) in [6.07, 6.45) is 10.8. The second-order valence-corrected chi connectivity index (χ2v) is 12.6. The van der Waals surface area contributed by atoms with Crippen molar-refractivity contribution in [3.05, 3.63) is 95.7 Å². The van der Waals surface area contributed by atoms with Crippen molar-refractivity contribution in [1.82, 2.24) is 20.7 Å². The smallest absolute Gasteiger partial charge is 0.244 e. The van der Waals surface area contributed by atoms with E-state index in [2.05, 4.69) is 15.7 Å². The number of fused-ring (bicyclic) bond motifs is 1. The summed E-state index contributed by atoms with van der Waals surface area (Å²) in [6.45, 7) is 3.79. The number of aromatic nitrogens is 1. The Morgan fingerprint density at radius 1 is 1.09 bits per heavy atom. The second-order valence-electron chi connectivity index (χ2n) is 12.6. The number of aromatic amines is 1. The van der Waals surface area contributed by atoms with Crippen molar-refractivity contribution in [1.29, 1.82) is 0 Å². The molecule has 228 valence electrons. The quantitative estimate of drug-likeness (QED) is 0.181. The highest BCUT2D eigenvalue weighted by Crippen LogP contribution is 2.38. The molecule has 8 nitrogen and oxygen atoms in total. The van der Waals surface area contributed by atoms with Gasteiger partial charge in [-0.3, -0.25) is 19.8 Å². The van der Waals surface area contributed by atoms with Crippen LogP contribution < -0.4 is 16.5 Å². The zero-order valence-corrected chi connectivity index (χ0v) is 25.8. The minimum absolute atomic E-state index is 0.0529. The maximum absolute atomic E-state index is 14.2. The number of hydrogen-bond donors (Lipinski definition) is 4. The number of amides is 2. The van der Waals surface area contributed by atoms with Gasteiger partial charge in [0.25, 0.3) is 0 Å². The Kier molecular flexibility index (Phi) is 10.4. The zero-order valence-electron chi connectivity index (χ0n) is 25.8. The summed E-state index contributed by atoms with van der Waals surface area (Å²) in [7, 11) is 3.60. The molecule has 2 aromatic carbocycles. The Balaban J connectivity index is 1.61. The number of carbonyl (C=O) groups excluding carboxylic acids is 3. The van der Waals surface area contributed by atoms with Crippen molar-refractivity contribution in [2.75, 3.05) is 14.1 Å². The maximum Gasteiger partial charge on any atom is 0.244 e. The molecule has 0 fully saturated rings. The number of hydrazine groups is 1. The van der Waals surface area contributed by atoms with Gasteiger partial charge >= 0.3 is 0 Å². The van der Waals surface area contributed by atoms with E-state index in [0.717, 1.165) is 22.0 Å². The topological polar surface area (TPSA) is 120 Å². The third-order valence-electron chi connectivity index (χ3n) is 7.99. The summed E-state index contributed by atoms with van der Waals surface area (Å²) in [4.78, 5) is 44.0. The van der Waals surface area contributed by atoms with Gasteiger partial charge in [-0.15, -0.1) is 0 Å². The van der Waals surface area contributed by atoms with Crippen LogP contribution in [0.1, 0.15) is 57.1 Å². The van der Waals surface area contributed by atoms with Crippen molar-refractivity contribution in [3.63, 3.8) is 0 Å². The molecule has 2 atom stereocenters. The molecule has 1 heterocycles.